The van der Waals surface area contributed by atoms with Crippen LogP contribution in [-0.2, 0) is 26.2 Å². The van der Waals surface area contributed by atoms with Gasteiger partial charge in [0.05, 0.1) is 10.6 Å². The highest BCUT2D eigenvalue weighted by Crippen LogP contribution is 2.28. The van der Waals surface area contributed by atoms with Crippen LogP contribution in [-0.4, -0.2) is 44.3 Å². The summed E-state index contributed by atoms with van der Waals surface area (Å²) >= 11 is 6.06. The molecule has 0 saturated carbocycles. The average Bonchev–Trinajstić information content (AvgIpc) is 2.93. The van der Waals surface area contributed by atoms with Gasteiger partial charge in [0.2, 0.25) is 11.8 Å². The van der Waals surface area contributed by atoms with Crippen LogP contribution in [0.25, 0.3) is 0 Å². The van der Waals surface area contributed by atoms with Crippen LogP contribution in [0, 0.1) is 13.8 Å². The molecular formula is C30H36ClN3O4S. The summed E-state index contributed by atoms with van der Waals surface area (Å²) in [6.07, 6.45) is 1.12. The zero-order valence-electron chi connectivity index (χ0n) is 22.9. The number of benzene rings is 3. The molecule has 0 saturated heterocycles. The first-order valence-corrected chi connectivity index (χ1v) is 14.9. The number of hydrogen-bond acceptors (Lipinski definition) is 4. The number of carbonyl (C=O) groups excluding carboxylic acids is 2. The fraction of sp³-hybridized carbons (Fsp3) is 0.333. The van der Waals surface area contributed by atoms with Gasteiger partial charge in [-0.1, -0.05) is 67.9 Å². The molecular weight excluding hydrogens is 534 g/mol. The minimum absolute atomic E-state index is 0.0793. The SMILES string of the molecule is CCCNC(=O)[C@@H](CC)N(Cc1ccc(Cl)cc1)C(=O)CN(c1cc(C)ccc1C)S(=O)(=O)c1ccccc1. The van der Waals surface area contributed by atoms with Gasteiger partial charge in [0.1, 0.15) is 12.6 Å². The minimum Gasteiger partial charge on any atom is -0.354 e. The zero-order chi connectivity index (χ0) is 28.6. The molecule has 0 bridgehead atoms. The summed E-state index contributed by atoms with van der Waals surface area (Å²) < 4.78 is 29.0. The summed E-state index contributed by atoms with van der Waals surface area (Å²) in [4.78, 5) is 28.7. The summed E-state index contributed by atoms with van der Waals surface area (Å²) in [6.45, 7) is 7.61. The molecule has 0 aliphatic carbocycles. The summed E-state index contributed by atoms with van der Waals surface area (Å²) in [5, 5.41) is 3.44. The van der Waals surface area contributed by atoms with Crippen LogP contribution in [0.4, 0.5) is 5.69 Å². The molecule has 1 atom stereocenters. The van der Waals surface area contributed by atoms with Crippen molar-refractivity contribution in [3.05, 3.63) is 94.5 Å². The molecule has 3 aromatic carbocycles. The van der Waals surface area contributed by atoms with Gasteiger partial charge in [-0.05, 0) is 73.7 Å². The van der Waals surface area contributed by atoms with Gasteiger partial charge in [0.15, 0.2) is 0 Å². The first-order chi connectivity index (χ1) is 18.6. The van der Waals surface area contributed by atoms with E-state index in [1.165, 1.54) is 17.0 Å². The van der Waals surface area contributed by atoms with Crippen LogP contribution >= 0.6 is 11.6 Å². The Morgan fingerprint density at radius 1 is 0.949 bits per heavy atom. The second kappa shape index (κ2) is 13.6. The molecule has 0 heterocycles. The molecule has 3 rings (SSSR count). The Morgan fingerprint density at radius 3 is 2.23 bits per heavy atom. The maximum absolute atomic E-state index is 14.1. The van der Waals surface area contributed by atoms with E-state index in [0.29, 0.717) is 29.2 Å². The minimum atomic E-state index is -4.10. The highest BCUT2D eigenvalue weighted by Gasteiger charge is 2.34. The van der Waals surface area contributed by atoms with Gasteiger partial charge in [-0.2, -0.15) is 0 Å². The number of nitrogens with one attached hydrogen (secondary N) is 1. The molecule has 2 amide bonds. The zero-order valence-corrected chi connectivity index (χ0v) is 24.4. The number of halogens is 1. The van der Waals surface area contributed by atoms with Crippen molar-refractivity contribution in [1.82, 2.24) is 10.2 Å². The number of sulfonamides is 1. The molecule has 0 spiro atoms. The third kappa shape index (κ3) is 7.61. The van der Waals surface area contributed by atoms with E-state index < -0.39 is 28.5 Å². The monoisotopic (exact) mass is 569 g/mol. The maximum atomic E-state index is 14.1. The van der Waals surface area contributed by atoms with Crippen LogP contribution < -0.4 is 9.62 Å². The van der Waals surface area contributed by atoms with Gasteiger partial charge in [-0.25, -0.2) is 8.42 Å². The number of anilines is 1. The Kier molecular flexibility index (Phi) is 10.5. The molecule has 0 aliphatic rings. The van der Waals surface area contributed by atoms with Crippen molar-refractivity contribution < 1.29 is 18.0 Å². The molecule has 0 radical (unpaired) electrons. The normalized spacial score (nSPS) is 12.0. The van der Waals surface area contributed by atoms with E-state index in [4.69, 9.17) is 11.6 Å². The van der Waals surface area contributed by atoms with Crippen LogP contribution in [0.1, 0.15) is 43.4 Å². The highest BCUT2D eigenvalue weighted by atomic mass is 35.5. The molecule has 7 nitrogen and oxygen atoms in total. The molecule has 3 aromatic rings. The first kappa shape index (κ1) is 30.2. The Labute approximate surface area is 236 Å². The van der Waals surface area contributed by atoms with Crippen molar-refractivity contribution in [1.29, 1.82) is 0 Å². The fourth-order valence-electron chi connectivity index (χ4n) is 4.29. The third-order valence-corrected chi connectivity index (χ3v) is 8.47. The van der Waals surface area contributed by atoms with Gasteiger partial charge in [0.25, 0.3) is 10.0 Å². The summed E-state index contributed by atoms with van der Waals surface area (Å²) in [5.41, 5.74) is 2.77. The molecule has 0 fully saturated rings. The predicted octanol–water partition coefficient (Wildman–Crippen LogP) is 5.49. The lowest BCUT2D eigenvalue weighted by Gasteiger charge is -2.33. The standard InChI is InChI=1S/C30H36ClN3O4S/c1-5-18-32-30(36)27(6-2)33(20-24-14-16-25(31)17-15-24)29(35)21-34(28-19-22(3)12-13-23(28)4)39(37,38)26-10-8-7-9-11-26/h7-17,19,27H,5-6,18,20-21H2,1-4H3,(H,32,36)/t27-/m1/s1. The smallest absolute Gasteiger partial charge is 0.264 e. The second-order valence-corrected chi connectivity index (χ2v) is 11.8. The van der Waals surface area contributed by atoms with Gasteiger partial charge in [0, 0.05) is 18.1 Å². The van der Waals surface area contributed by atoms with E-state index in [1.807, 2.05) is 39.8 Å². The predicted molar refractivity (Wildman–Crippen MR) is 156 cm³/mol. The van der Waals surface area contributed by atoms with E-state index in [9.17, 15) is 18.0 Å². The van der Waals surface area contributed by atoms with Crippen molar-refractivity contribution in [3.8, 4) is 0 Å². The molecule has 0 aliphatic heterocycles. The number of rotatable bonds is 12. The average molecular weight is 570 g/mol. The Bertz CT molecular complexity index is 1380. The number of hydrogen-bond donors (Lipinski definition) is 1. The van der Waals surface area contributed by atoms with Crippen LogP contribution in [0.3, 0.4) is 0 Å². The number of nitrogens with zero attached hydrogens (tertiary/aromatic N) is 2. The van der Waals surface area contributed by atoms with E-state index in [0.717, 1.165) is 21.9 Å². The quantitative estimate of drug-likeness (QED) is 0.313. The van der Waals surface area contributed by atoms with E-state index in [-0.39, 0.29) is 17.3 Å². The summed E-state index contributed by atoms with van der Waals surface area (Å²) in [7, 11) is -4.10. The number of aryl methyl sites for hydroxylation is 2. The molecule has 9 heteroatoms. The van der Waals surface area contributed by atoms with Crippen molar-refractivity contribution in [2.24, 2.45) is 0 Å². The molecule has 39 heavy (non-hydrogen) atoms. The highest BCUT2D eigenvalue weighted by molar-refractivity contribution is 7.92. The third-order valence-electron chi connectivity index (χ3n) is 6.44. The number of carbonyl (C=O) groups is 2. The van der Waals surface area contributed by atoms with Crippen molar-refractivity contribution in [3.63, 3.8) is 0 Å². The van der Waals surface area contributed by atoms with Crippen LogP contribution in [0.2, 0.25) is 5.02 Å². The van der Waals surface area contributed by atoms with Crippen LogP contribution in [0.5, 0.6) is 0 Å². The first-order valence-electron chi connectivity index (χ1n) is 13.0. The van der Waals surface area contributed by atoms with E-state index >= 15 is 0 Å². The van der Waals surface area contributed by atoms with Gasteiger partial charge < -0.3 is 10.2 Å². The van der Waals surface area contributed by atoms with E-state index in [2.05, 4.69) is 5.32 Å². The lowest BCUT2D eigenvalue weighted by molar-refractivity contribution is -0.140. The Balaban J connectivity index is 2.07. The summed E-state index contributed by atoms with van der Waals surface area (Å²) in [5.74, 6) is -0.755. The van der Waals surface area contributed by atoms with Crippen molar-refractivity contribution in [2.75, 3.05) is 17.4 Å². The molecule has 0 aromatic heterocycles. The van der Waals surface area contributed by atoms with Crippen LogP contribution in [0.15, 0.2) is 77.7 Å². The lowest BCUT2D eigenvalue weighted by atomic mass is 10.1. The van der Waals surface area contributed by atoms with Gasteiger partial charge >= 0.3 is 0 Å². The number of amides is 2. The molecule has 1 N–H and O–H groups in total. The van der Waals surface area contributed by atoms with Gasteiger partial charge in [-0.15, -0.1) is 0 Å². The van der Waals surface area contributed by atoms with Crippen molar-refractivity contribution >= 4 is 39.1 Å². The molecule has 208 valence electrons. The largest absolute Gasteiger partial charge is 0.354 e. The Hall–Kier alpha value is -3.36. The summed E-state index contributed by atoms with van der Waals surface area (Å²) in [6, 6.07) is 19.8. The van der Waals surface area contributed by atoms with E-state index in [1.54, 1.807) is 48.5 Å². The fourth-order valence-corrected chi connectivity index (χ4v) is 5.91. The molecule has 0 unspecified atom stereocenters. The Morgan fingerprint density at radius 2 is 1.62 bits per heavy atom. The maximum Gasteiger partial charge on any atom is 0.264 e. The second-order valence-electron chi connectivity index (χ2n) is 9.48. The van der Waals surface area contributed by atoms with Crippen molar-refractivity contribution in [2.45, 2.75) is 58.0 Å². The topological polar surface area (TPSA) is 86.8 Å². The van der Waals surface area contributed by atoms with Gasteiger partial charge in [-0.3, -0.25) is 13.9 Å². The lowest BCUT2D eigenvalue weighted by Crippen LogP contribution is -2.52.